The lowest BCUT2D eigenvalue weighted by molar-refractivity contribution is -0.116. The normalized spacial score (nSPS) is 17.0. The van der Waals surface area contributed by atoms with Crippen molar-refractivity contribution in [2.24, 2.45) is 0 Å². The number of halogens is 1. The van der Waals surface area contributed by atoms with Crippen molar-refractivity contribution in [3.05, 3.63) is 102 Å². The maximum absolute atomic E-state index is 13.2. The number of hydrogen-bond acceptors (Lipinski definition) is 6. The third-order valence-corrected chi connectivity index (χ3v) is 6.36. The fourth-order valence-electron chi connectivity index (χ4n) is 3.51. The van der Waals surface area contributed by atoms with Gasteiger partial charge in [-0.05, 0) is 42.0 Å². The van der Waals surface area contributed by atoms with Gasteiger partial charge in [0.25, 0.3) is 0 Å². The van der Waals surface area contributed by atoms with E-state index >= 15 is 0 Å². The molecule has 1 aliphatic rings. The minimum Gasteiger partial charge on any atom is -0.486 e. The summed E-state index contributed by atoms with van der Waals surface area (Å²) in [6.45, 7) is 0.221. The second-order valence-electron chi connectivity index (χ2n) is 7.39. The molecule has 5 rings (SSSR count). The van der Waals surface area contributed by atoms with Gasteiger partial charge < -0.3 is 15.5 Å². The highest BCUT2D eigenvalue weighted by atomic mass is 32.2. The van der Waals surface area contributed by atoms with Crippen LogP contribution in [0.4, 0.5) is 10.1 Å². The van der Waals surface area contributed by atoms with E-state index in [0.717, 1.165) is 11.3 Å². The molecule has 0 saturated carbocycles. The lowest BCUT2D eigenvalue weighted by Crippen LogP contribution is -2.41. The van der Waals surface area contributed by atoms with Gasteiger partial charge in [-0.25, -0.2) is 9.07 Å². The molecule has 1 amide bonds. The summed E-state index contributed by atoms with van der Waals surface area (Å²) in [4.78, 5) is 13.2. The van der Waals surface area contributed by atoms with Gasteiger partial charge in [-0.3, -0.25) is 4.79 Å². The number of aromatic nitrogens is 3. The molecule has 0 bridgehead atoms. The zero-order valence-electron chi connectivity index (χ0n) is 17.4. The summed E-state index contributed by atoms with van der Waals surface area (Å²) in [5.41, 5.74) is 4.86. The number of nitrogens with zero attached hydrogens (tertiary/aromatic N) is 3. The first-order valence-electron chi connectivity index (χ1n) is 10.3. The van der Waals surface area contributed by atoms with Crippen LogP contribution < -0.4 is 15.5 Å². The molecule has 4 aromatic rings. The molecule has 3 aromatic carbocycles. The SMILES string of the molecule is O=C(Nc1ccc(F)cc1)C1Sc2nnc(COc3ccccc3)n2NC1c1ccccc1. The molecule has 1 aromatic heterocycles. The summed E-state index contributed by atoms with van der Waals surface area (Å²) in [5, 5.41) is 11.4. The molecule has 0 aliphatic carbocycles. The predicted octanol–water partition coefficient (Wildman–Crippen LogP) is 4.39. The molecule has 1 aliphatic heterocycles. The van der Waals surface area contributed by atoms with Crippen molar-refractivity contribution in [1.29, 1.82) is 0 Å². The number of thioether (sulfide) groups is 1. The van der Waals surface area contributed by atoms with Gasteiger partial charge in [0.2, 0.25) is 11.1 Å². The Bertz CT molecular complexity index is 1230. The van der Waals surface area contributed by atoms with E-state index in [0.29, 0.717) is 16.7 Å². The Morgan fingerprint density at radius 2 is 1.70 bits per heavy atom. The molecular weight excluding hydrogens is 441 g/mol. The minimum absolute atomic E-state index is 0.218. The van der Waals surface area contributed by atoms with Gasteiger partial charge in [-0.2, -0.15) is 0 Å². The molecule has 2 N–H and O–H groups in total. The summed E-state index contributed by atoms with van der Waals surface area (Å²) in [5.74, 6) is 0.751. The molecule has 2 unspecified atom stereocenters. The van der Waals surface area contributed by atoms with Crippen LogP contribution in [-0.2, 0) is 11.4 Å². The van der Waals surface area contributed by atoms with Gasteiger partial charge in [-0.15, -0.1) is 10.2 Å². The number of amides is 1. The third kappa shape index (κ3) is 4.68. The van der Waals surface area contributed by atoms with Crippen LogP contribution in [0.1, 0.15) is 17.4 Å². The van der Waals surface area contributed by atoms with E-state index in [1.54, 1.807) is 4.68 Å². The van der Waals surface area contributed by atoms with Crippen LogP contribution in [0, 0.1) is 5.82 Å². The van der Waals surface area contributed by atoms with Crippen LogP contribution in [0.15, 0.2) is 90.1 Å². The smallest absolute Gasteiger partial charge is 0.240 e. The number of rotatable bonds is 6. The minimum atomic E-state index is -0.531. The van der Waals surface area contributed by atoms with Gasteiger partial charge >= 0.3 is 0 Å². The highest BCUT2D eigenvalue weighted by molar-refractivity contribution is 8.00. The summed E-state index contributed by atoms with van der Waals surface area (Å²) in [7, 11) is 0. The van der Waals surface area contributed by atoms with E-state index in [1.807, 2.05) is 60.7 Å². The Morgan fingerprint density at radius 3 is 2.42 bits per heavy atom. The van der Waals surface area contributed by atoms with Crippen molar-refractivity contribution < 1.29 is 13.9 Å². The third-order valence-electron chi connectivity index (χ3n) is 5.14. The van der Waals surface area contributed by atoms with Crippen molar-refractivity contribution in [3.8, 4) is 5.75 Å². The first-order chi connectivity index (χ1) is 16.2. The predicted molar refractivity (Wildman–Crippen MR) is 124 cm³/mol. The number of hydrogen-bond donors (Lipinski definition) is 2. The Hall–Kier alpha value is -3.85. The fourth-order valence-corrected chi connectivity index (χ4v) is 4.61. The second-order valence-corrected chi connectivity index (χ2v) is 8.50. The molecule has 2 atom stereocenters. The van der Waals surface area contributed by atoms with E-state index in [4.69, 9.17) is 4.74 Å². The lowest BCUT2D eigenvalue weighted by atomic mass is 10.0. The number of benzene rings is 3. The summed E-state index contributed by atoms with van der Waals surface area (Å²) in [6.07, 6.45) is 0. The van der Waals surface area contributed by atoms with Crippen LogP contribution >= 0.6 is 11.8 Å². The Balaban J connectivity index is 1.40. The molecule has 2 heterocycles. The molecule has 0 radical (unpaired) electrons. The van der Waals surface area contributed by atoms with Crippen LogP contribution in [0.3, 0.4) is 0 Å². The average molecular weight is 462 g/mol. The van der Waals surface area contributed by atoms with Crippen molar-refractivity contribution in [1.82, 2.24) is 14.9 Å². The Labute approximate surface area is 194 Å². The van der Waals surface area contributed by atoms with E-state index < -0.39 is 5.25 Å². The summed E-state index contributed by atoms with van der Waals surface area (Å²) < 4.78 is 20.9. The molecule has 0 fully saturated rings. The van der Waals surface area contributed by atoms with Gasteiger partial charge in [0.15, 0.2) is 5.82 Å². The first kappa shape index (κ1) is 21.0. The lowest BCUT2D eigenvalue weighted by Gasteiger charge is -2.33. The number of para-hydroxylation sites is 1. The average Bonchev–Trinajstić information content (AvgIpc) is 3.26. The summed E-state index contributed by atoms with van der Waals surface area (Å²) in [6, 6.07) is 24.5. The van der Waals surface area contributed by atoms with Crippen LogP contribution in [0.25, 0.3) is 0 Å². The van der Waals surface area contributed by atoms with Crippen molar-refractivity contribution in [3.63, 3.8) is 0 Å². The topological polar surface area (TPSA) is 81.1 Å². The number of carbonyl (C=O) groups excluding carboxylic acids is 1. The van der Waals surface area contributed by atoms with E-state index in [9.17, 15) is 9.18 Å². The molecule has 7 nitrogen and oxygen atoms in total. The van der Waals surface area contributed by atoms with Crippen molar-refractivity contribution in [2.45, 2.75) is 23.1 Å². The maximum atomic E-state index is 13.2. The number of carbonyl (C=O) groups is 1. The largest absolute Gasteiger partial charge is 0.486 e. The molecule has 0 spiro atoms. The van der Waals surface area contributed by atoms with E-state index in [1.165, 1.54) is 36.0 Å². The fraction of sp³-hybridized carbons (Fsp3) is 0.125. The summed E-state index contributed by atoms with van der Waals surface area (Å²) >= 11 is 1.32. The first-order valence-corrected chi connectivity index (χ1v) is 11.2. The Kier molecular flexibility index (Phi) is 5.95. The van der Waals surface area contributed by atoms with Crippen molar-refractivity contribution >= 4 is 23.4 Å². The maximum Gasteiger partial charge on any atom is 0.240 e. The van der Waals surface area contributed by atoms with Gasteiger partial charge in [-0.1, -0.05) is 60.3 Å². The van der Waals surface area contributed by atoms with E-state index in [2.05, 4.69) is 20.9 Å². The molecule has 0 saturated heterocycles. The standard InChI is InChI=1S/C24H20FN5O2S/c25-17-11-13-18(14-12-17)26-23(31)22-21(16-7-3-1-4-8-16)29-30-20(27-28-24(30)33-22)15-32-19-9-5-2-6-10-19/h1-14,21-22,29H,15H2,(H,26,31). The molecule has 33 heavy (non-hydrogen) atoms. The zero-order valence-corrected chi connectivity index (χ0v) is 18.2. The monoisotopic (exact) mass is 461 g/mol. The molecular formula is C24H20FN5O2S. The van der Waals surface area contributed by atoms with Crippen LogP contribution in [0.5, 0.6) is 5.75 Å². The van der Waals surface area contributed by atoms with Gasteiger partial charge in [0.05, 0.1) is 6.04 Å². The molecule has 166 valence electrons. The van der Waals surface area contributed by atoms with Gasteiger partial charge in [0, 0.05) is 5.69 Å². The number of nitrogens with one attached hydrogen (secondary N) is 2. The van der Waals surface area contributed by atoms with Crippen LogP contribution in [0.2, 0.25) is 0 Å². The van der Waals surface area contributed by atoms with E-state index in [-0.39, 0.29) is 24.4 Å². The van der Waals surface area contributed by atoms with Crippen molar-refractivity contribution in [2.75, 3.05) is 10.7 Å². The number of anilines is 1. The quantitative estimate of drug-likeness (QED) is 0.443. The number of fused-ring (bicyclic) bond motifs is 1. The van der Waals surface area contributed by atoms with Crippen LogP contribution in [-0.4, -0.2) is 26.0 Å². The highest BCUT2D eigenvalue weighted by Gasteiger charge is 2.37. The zero-order chi connectivity index (χ0) is 22.6. The highest BCUT2D eigenvalue weighted by Crippen LogP contribution is 2.37. The number of ether oxygens (including phenoxy) is 1. The second kappa shape index (κ2) is 9.33. The molecule has 9 heteroatoms. The Morgan fingerprint density at radius 1 is 1.00 bits per heavy atom. The van der Waals surface area contributed by atoms with Gasteiger partial charge in [0.1, 0.15) is 23.4 Å².